The summed E-state index contributed by atoms with van der Waals surface area (Å²) < 4.78 is 6.36. The first-order chi connectivity index (χ1) is 14.4. The van der Waals surface area contributed by atoms with Crippen LogP contribution in [0.3, 0.4) is 0 Å². The maximum Gasteiger partial charge on any atom is 0.178 e. The van der Waals surface area contributed by atoms with Crippen molar-refractivity contribution < 1.29 is 9.84 Å². The molecule has 1 fully saturated rings. The molecule has 178 valence electrons. The molecule has 1 saturated carbocycles. The van der Waals surface area contributed by atoms with Gasteiger partial charge in [0.25, 0.3) is 0 Å². The van der Waals surface area contributed by atoms with Gasteiger partial charge in [-0.15, -0.1) is 0 Å². The van der Waals surface area contributed by atoms with Crippen LogP contribution in [0.25, 0.3) is 0 Å². The maximum absolute atomic E-state index is 11.1. The average molecular weight is 431 g/mol. The molecule has 3 unspecified atom stereocenters. The third kappa shape index (κ3) is 5.16. The first-order valence-electron chi connectivity index (χ1n) is 13.2. The molecule has 0 amide bonds. The highest BCUT2D eigenvalue weighted by molar-refractivity contribution is 5.41. The Hall–Kier alpha value is -0.600. The minimum Gasteiger partial charge on any atom is -0.364 e. The highest BCUT2D eigenvalue weighted by Crippen LogP contribution is 2.58. The van der Waals surface area contributed by atoms with Crippen LogP contribution < -0.4 is 0 Å². The Labute approximate surface area is 192 Å². The van der Waals surface area contributed by atoms with E-state index in [1.165, 1.54) is 50.5 Å². The van der Waals surface area contributed by atoms with E-state index in [2.05, 4.69) is 61.5 Å². The van der Waals surface area contributed by atoms with Gasteiger partial charge >= 0.3 is 0 Å². The number of aliphatic hydroxyl groups excluding tert-OH is 1. The topological polar surface area (TPSA) is 29.5 Å². The van der Waals surface area contributed by atoms with Gasteiger partial charge < -0.3 is 9.84 Å². The molecule has 3 aliphatic rings. The van der Waals surface area contributed by atoms with Gasteiger partial charge in [-0.3, -0.25) is 0 Å². The van der Waals surface area contributed by atoms with Crippen LogP contribution in [0.1, 0.15) is 120 Å². The van der Waals surface area contributed by atoms with Gasteiger partial charge in [-0.25, -0.2) is 0 Å². The molecule has 0 spiro atoms. The Morgan fingerprint density at radius 3 is 2.13 bits per heavy atom. The first-order valence-corrected chi connectivity index (χ1v) is 13.2. The molecule has 0 aromatic heterocycles. The minimum absolute atomic E-state index is 0.259. The van der Waals surface area contributed by atoms with Gasteiger partial charge in [0.1, 0.15) is 0 Å². The first kappa shape index (κ1) is 25.0. The zero-order valence-electron chi connectivity index (χ0n) is 21.8. The second-order valence-corrected chi connectivity index (χ2v) is 12.7. The Morgan fingerprint density at radius 2 is 1.55 bits per heavy atom. The van der Waals surface area contributed by atoms with Crippen LogP contribution >= 0.6 is 0 Å². The summed E-state index contributed by atoms with van der Waals surface area (Å²) in [4.78, 5) is 0. The van der Waals surface area contributed by atoms with Crippen LogP contribution in [0.2, 0.25) is 0 Å². The molecule has 3 aliphatic carbocycles. The van der Waals surface area contributed by atoms with Crippen molar-refractivity contribution in [3.63, 3.8) is 0 Å². The van der Waals surface area contributed by atoms with Crippen molar-refractivity contribution in [3.05, 3.63) is 22.8 Å². The molecule has 0 aromatic rings. The van der Waals surface area contributed by atoms with Crippen LogP contribution in [-0.4, -0.2) is 17.0 Å². The van der Waals surface area contributed by atoms with Crippen molar-refractivity contribution in [3.8, 4) is 0 Å². The highest BCUT2D eigenvalue weighted by atomic mass is 16.6. The lowest BCUT2D eigenvalue weighted by Crippen LogP contribution is -2.40. The van der Waals surface area contributed by atoms with Crippen LogP contribution in [0.4, 0.5) is 0 Å². The fourth-order valence-electron chi connectivity index (χ4n) is 6.65. The normalized spacial score (nSPS) is 27.3. The van der Waals surface area contributed by atoms with E-state index < -0.39 is 6.29 Å². The third-order valence-corrected chi connectivity index (χ3v) is 9.66. The quantitative estimate of drug-likeness (QED) is 0.393. The molecule has 31 heavy (non-hydrogen) atoms. The SMILES string of the molecule is CCC(C)(C)C1CC2=C(CCC(C(O)OC(C)(C)C3CCCCC3)=C2)C1C(C)(C)CC. The van der Waals surface area contributed by atoms with Crippen LogP contribution in [0, 0.1) is 28.6 Å². The van der Waals surface area contributed by atoms with Crippen molar-refractivity contribution in [1.29, 1.82) is 0 Å². The molecule has 0 aromatic carbocycles. The number of aliphatic hydroxyl groups is 1. The number of hydrogen-bond acceptors (Lipinski definition) is 2. The lowest BCUT2D eigenvalue weighted by atomic mass is 9.60. The molecule has 3 rings (SSSR count). The van der Waals surface area contributed by atoms with Gasteiger partial charge in [0.05, 0.1) is 5.60 Å². The highest BCUT2D eigenvalue weighted by Gasteiger charge is 2.48. The fraction of sp³-hybridized carbons (Fsp3) is 0.862. The minimum atomic E-state index is -0.762. The van der Waals surface area contributed by atoms with Crippen LogP contribution in [-0.2, 0) is 4.74 Å². The molecule has 1 N–H and O–H groups in total. The van der Waals surface area contributed by atoms with Crippen molar-refractivity contribution in [2.75, 3.05) is 0 Å². The lowest BCUT2D eigenvalue weighted by molar-refractivity contribution is -0.178. The van der Waals surface area contributed by atoms with Crippen molar-refractivity contribution in [1.82, 2.24) is 0 Å². The van der Waals surface area contributed by atoms with E-state index in [-0.39, 0.29) is 5.60 Å². The summed E-state index contributed by atoms with van der Waals surface area (Å²) in [6.07, 6.45) is 13.6. The largest absolute Gasteiger partial charge is 0.364 e. The maximum atomic E-state index is 11.1. The molecule has 0 heterocycles. The van der Waals surface area contributed by atoms with E-state index in [1.807, 2.05) is 0 Å². The van der Waals surface area contributed by atoms with E-state index in [1.54, 1.807) is 5.57 Å². The molecule has 0 aliphatic heterocycles. The molecule has 2 heteroatoms. The van der Waals surface area contributed by atoms with Gasteiger partial charge in [0.15, 0.2) is 6.29 Å². The lowest BCUT2D eigenvalue weighted by Gasteiger charge is -2.44. The summed E-state index contributed by atoms with van der Waals surface area (Å²) in [5.41, 5.74) is 4.69. The van der Waals surface area contributed by atoms with Gasteiger partial charge in [-0.1, -0.05) is 85.3 Å². The van der Waals surface area contributed by atoms with Gasteiger partial charge in [-0.2, -0.15) is 0 Å². The zero-order chi connectivity index (χ0) is 23.0. The van der Waals surface area contributed by atoms with Gasteiger partial charge in [0.2, 0.25) is 0 Å². The Kier molecular flexibility index (Phi) is 7.54. The number of hydrogen-bond donors (Lipinski definition) is 1. The number of allylic oxidation sites excluding steroid dienone is 3. The molecular weight excluding hydrogens is 380 g/mol. The zero-order valence-corrected chi connectivity index (χ0v) is 21.8. The molecule has 0 bridgehead atoms. The van der Waals surface area contributed by atoms with E-state index in [9.17, 15) is 5.11 Å². The van der Waals surface area contributed by atoms with E-state index in [4.69, 9.17) is 4.74 Å². The summed E-state index contributed by atoms with van der Waals surface area (Å²) in [5.74, 6) is 1.90. The van der Waals surface area contributed by atoms with Crippen molar-refractivity contribution >= 4 is 0 Å². The monoisotopic (exact) mass is 430 g/mol. The van der Waals surface area contributed by atoms with E-state index in [0.29, 0.717) is 28.6 Å². The average Bonchev–Trinajstić information content (AvgIpc) is 3.14. The molecule has 2 nitrogen and oxygen atoms in total. The van der Waals surface area contributed by atoms with Gasteiger partial charge in [-0.05, 0) is 85.7 Å². The van der Waals surface area contributed by atoms with E-state index >= 15 is 0 Å². The predicted molar refractivity (Wildman–Crippen MR) is 132 cm³/mol. The molecular formula is C29H50O2. The Balaban J connectivity index is 1.81. The molecule has 3 atom stereocenters. The van der Waals surface area contributed by atoms with Gasteiger partial charge in [0, 0.05) is 0 Å². The second-order valence-electron chi connectivity index (χ2n) is 12.7. The summed E-state index contributed by atoms with van der Waals surface area (Å²) >= 11 is 0. The van der Waals surface area contributed by atoms with Crippen LogP contribution in [0.15, 0.2) is 22.8 Å². The molecule has 0 radical (unpaired) electrons. The van der Waals surface area contributed by atoms with Crippen LogP contribution in [0.5, 0.6) is 0 Å². The Bertz CT molecular complexity index is 688. The third-order valence-electron chi connectivity index (χ3n) is 9.66. The van der Waals surface area contributed by atoms with E-state index in [0.717, 1.165) is 24.8 Å². The summed E-state index contributed by atoms with van der Waals surface area (Å²) in [6, 6.07) is 0. The smallest absolute Gasteiger partial charge is 0.178 e. The van der Waals surface area contributed by atoms with Crippen molar-refractivity contribution in [2.24, 2.45) is 28.6 Å². The number of ether oxygens (including phenoxy) is 1. The summed E-state index contributed by atoms with van der Waals surface area (Å²) in [6.45, 7) is 18.9. The standard InChI is InChI=1S/C29H50O2/c1-9-27(3,4)24-19-21-18-20(16-17-23(21)25(24)28(5,6)10-2)26(30)31-29(7,8)22-14-12-11-13-15-22/h18,22,24-26,30H,9-17,19H2,1-8H3. The molecule has 0 saturated heterocycles. The predicted octanol–water partition coefficient (Wildman–Crippen LogP) is 8.21. The van der Waals surface area contributed by atoms with Crippen molar-refractivity contribution in [2.45, 2.75) is 131 Å². The fourth-order valence-corrected chi connectivity index (χ4v) is 6.65. The summed E-state index contributed by atoms with van der Waals surface area (Å²) in [5, 5.41) is 11.1. The number of rotatable bonds is 8. The second kappa shape index (κ2) is 9.34. The summed E-state index contributed by atoms with van der Waals surface area (Å²) in [7, 11) is 0. The Morgan fingerprint density at radius 1 is 0.935 bits per heavy atom.